The molecule has 0 bridgehead atoms. The van der Waals surface area contributed by atoms with Crippen molar-refractivity contribution in [3.05, 3.63) is 58.0 Å². The summed E-state index contributed by atoms with van der Waals surface area (Å²) < 4.78 is 5.41. The first kappa shape index (κ1) is 16.9. The highest BCUT2D eigenvalue weighted by molar-refractivity contribution is 6.42. The van der Waals surface area contributed by atoms with Gasteiger partial charge in [0, 0.05) is 6.54 Å². The molecule has 2 aromatic rings. The second-order valence-electron chi connectivity index (χ2n) is 5.22. The van der Waals surface area contributed by atoms with Crippen LogP contribution in [0.4, 0.5) is 0 Å². The Morgan fingerprint density at radius 3 is 2.64 bits per heavy atom. The molecular weight excluding hydrogens is 323 g/mol. The van der Waals surface area contributed by atoms with Gasteiger partial charge in [-0.1, -0.05) is 29.3 Å². The number of benzene rings is 1. The average molecular weight is 341 g/mol. The van der Waals surface area contributed by atoms with Crippen molar-refractivity contribution in [1.82, 2.24) is 10.2 Å². The van der Waals surface area contributed by atoms with Crippen LogP contribution in [0.25, 0.3) is 0 Å². The molecule has 118 valence electrons. The molecule has 1 amide bonds. The molecule has 1 heterocycles. The highest BCUT2D eigenvalue weighted by Gasteiger charge is 2.17. The third-order valence-electron chi connectivity index (χ3n) is 3.34. The molecule has 0 saturated carbocycles. The predicted octanol–water partition coefficient (Wildman–Crippen LogP) is 3.55. The van der Waals surface area contributed by atoms with Crippen molar-refractivity contribution in [1.29, 1.82) is 0 Å². The smallest absolute Gasteiger partial charge is 0.224 e. The number of amides is 1. The Kier molecular flexibility index (Phi) is 5.89. The molecule has 0 saturated heterocycles. The number of nitrogens with zero attached hydrogens (tertiary/aromatic N) is 1. The van der Waals surface area contributed by atoms with Crippen LogP contribution >= 0.6 is 23.2 Å². The average Bonchev–Trinajstić information content (AvgIpc) is 2.97. The third-order valence-corrected chi connectivity index (χ3v) is 4.08. The van der Waals surface area contributed by atoms with Crippen LogP contribution in [0.5, 0.6) is 0 Å². The number of hydrogen-bond acceptors (Lipinski definition) is 3. The van der Waals surface area contributed by atoms with Gasteiger partial charge in [-0.05, 0) is 43.9 Å². The van der Waals surface area contributed by atoms with Gasteiger partial charge in [-0.2, -0.15) is 0 Å². The lowest BCUT2D eigenvalue weighted by atomic mass is 10.1. The second-order valence-corrected chi connectivity index (χ2v) is 6.04. The van der Waals surface area contributed by atoms with Gasteiger partial charge in [0.15, 0.2) is 0 Å². The zero-order valence-electron chi connectivity index (χ0n) is 12.5. The van der Waals surface area contributed by atoms with Crippen molar-refractivity contribution >= 4 is 29.1 Å². The molecule has 0 unspecified atom stereocenters. The summed E-state index contributed by atoms with van der Waals surface area (Å²) in [6.45, 7) is 0.473. The summed E-state index contributed by atoms with van der Waals surface area (Å²) in [5.74, 6) is 0.747. The summed E-state index contributed by atoms with van der Waals surface area (Å²) in [4.78, 5) is 14.1. The van der Waals surface area contributed by atoms with Crippen molar-refractivity contribution in [2.24, 2.45) is 0 Å². The zero-order valence-corrected chi connectivity index (χ0v) is 14.0. The maximum Gasteiger partial charge on any atom is 0.224 e. The molecule has 1 aromatic heterocycles. The van der Waals surface area contributed by atoms with E-state index in [4.69, 9.17) is 27.6 Å². The Bertz CT molecular complexity index is 627. The predicted molar refractivity (Wildman–Crippen MR) is 88.3 cm³/mol. The van der Waals surface area contributed by atoms with E-state index in [9.17, 15) is 4.79 Å². The van der Waals surface area contributed by atoms with Gasteiger partial charge < -0.3 is 9.73 Å². The first-order chi connectivity index (χ1) is 10.5. The van der Waals surface area contributed by atoms with Crippen LogP contribution in [0.3, 0.4) is 0 Å². The SMILES string of the molecule is CN(C)[C@H](CNC(=O)Cc1ccc(Cl)c(Cl)c1)c1ccco1. The maximum atomic E-state index is 12.1. The van der Waals surface area contributed by atoms with Crippen LogP contribution in [-0.2, 0) is 11.2 Å². The molecule has 0 radical (unpaired) electrons. The lowest BCUT2D eigenvalue weighted by Gasteiger charge is -2.22. The Morgan fingerprint density at radius 1 is 1.27 bits per heavy atom. The van der Waals surface area contributed by atoms with Crippen LogP contribution in [0.15, 0.2) is 41.0 Å². The van der Waals surface area contributed by atoms with Crippen LogP contribution in [-0.4, -0.2) is 31.4 Å². The number of nitrogens with one attached hydrogen (secondary N) is 1. The van der Waals surface area contributed by atoms with E-state index >= 15 is 0 Å². The fourth-order valence-electron chi connectivity index (χ4n) is 2.13. The summed E-state index contributed by atoms with van der Waals surface area (Å²) in [6, 6.07) is 8.92. The minimum Gasteiger partial charge on any atom is -0.468 e. The second kappa shape index (κ2) is 7.68. The molecule has 2 rings (SSSR count). The minimum absolute atomic E-state index is 0.00671. The Morgan fingerprint density at radius 2 is 2.05 bits per heavy atom. The lowest BCUT2D eigenvalue weighted by molar-refractivity contribution is -0.120. The number of furan rings is 1. The van der Waals surface area contributed by atoms with E-state index in [2.05, 4.69) is 5.32 Å². The number of halogens is 2. The molecule has 0 aliphatic rings. The summed E-state index contributed by atoms with van der Waals surface area (Å²) >= 11 is 11.8. The standard InChI is InChI=1S/C16H18Cl2N2O2/c1-20(2)14(15-4-3-7-22-15)10-19-16(21)9-11-5-6-12(17)13(18)8-11/h3-8,14H,9-10H2,1-2H3,(H,19,21)/t14-/m1/s1. The summed E-state index contributed by atoms with van der Waals surface area (Å²) in [5, 5.41) is 3.85. The van der Waals surface area contributed by atoms with Gasteiger partial charge in [-0.25, -0.2) is 0 Å². The Balaban J connectivity index is 1.92. The van der Waals surface area contributed by atoms with E-state index in [-0.39, 0.29) is 18.4 Å². The van der Waals surface area contributed by atoms with E-state index in [0.29, 0.717) is 16.6 Å². The van der Waals surface area contributed by atoms with Gasteiger partial charge in [0.25, 0.3) is 0 Å². The van der Waals surface area contributed by atoms with E-state index in [0.717, 1.165) is 11.3 Å². The zero-order chi connectivity index (χ0) is 16.1. The largest absolute Gasteiger partial charge is 0.468 e. The first-order valence-corrected chi connectivity index (χ1v) is 7.63. The summed E-state index contributed by atoms with van der Waals surface area (Å²) in [7, 11) is 3.89. The van der Waals surface area contributed by atoms with E-state index in [1.807, 2.05) is 31.1 Å². The van der Waals surface area contributed by atoms with E-state index in [1.165, 1.54) is 0 Å². The van der Waals surface area contributed by atoms with Crippen LogP contribution in [0.1, 0.15) is 17.4 Å². The fourth-order valence-corrected chi connectivity index (χ4v) is 2.45. The number of likely N-dealkylation sites (N-methyl/N-ethyl adjacent to an activating group) is 1. The van der Waals surface area contributed by atoms with Crippen molar-refractivity contribution in [2.45, 2.75) is 12.5 Å². The van der Waals surface area contributed by atoms with Crippen LogP contribution in [0.2, 0.25) is 10.0 Å². The molecule has 1 aromatic carbocycles. The van der Waals surface area contributed by atoms with Crippen molar-refractivity contribution in [2.75, 3.05) is 20.6 Å². The third kappa shape index (κ3) is 4.50. The summed E-state index contributed by atoms with van der Waals surface area (Å²) in [5.41, 5.74) is 0.825. The highest BCUT2D eigenvalue weighted by Crippen LogP contribution is 2.23. The molecule has 6 heteroatoms. The van der Waals surface area contributed by atoms with Gasteiger partial charge in [0.2, 0.25) is 5.91 Å². The van der Waals surface area contributed by atoms with E-state index < -0.39 is 0 Å². The van der Waals surface area contributed by atoms with Crippen molar-refractivity contribution in [3.8, 4) is 0 Å². The number of carbonyl (C=O) groups excluding carboxylic acids is 1. The van der Waals surface area contributed by atoms with Crippen molar-refractivity contribution < 1.29 is 9.21 Å². The van der Waals surface area contributed by atoms with Crippen LogP contribution < -0.4 is 5.32 Å². The lowest BCUT2D eigenvalue weighted by Crippen LogP contribution is -2.35. The number of carbonyl (C=O) groups is 1. The van der Waals surface area contributed by atoms with Crippen molar-refractivity contribution in [3.63, 3.8) is 0 Å². The number of hydrogen-bond donors (Lipinski definition) is 1. The van der Waals surface area contributed by atoms with Gasteiger partial charge >= 0.3 is 0 Å². The Labute approximate surface area is 140 Å². The molecular formula is C16H18Cl2N2O2. The topological polar surface area (TPSA) is 45.5 Å². The van der Waals surface area contributed by atoms with Gasteiger partial charge in [-0.3, -0.25) is 9.69 Å². The Hall–Kier alpha value is -1.49. The molecule has 0 spiro atoms. The monoisotopic (exact) mass is 340 g/mol. The van der Waals surface area contributed by atoms with Gasteiger partial charge in [-0.15, -0.1) is 0 Å². The molecule has 1 atom stereocenters. The molecule has 22 heavy (non-hydrogen) atoms. The minimum atomic E-state index is -0.0724. The van der Waals surface area contributed by atoms with E-state index in [1.54, 1.807) is 24.5 Å². The summed E-state index contributed by atoms with van der Waals surface area (Å²) in [6.07, 6.45) is 1.89. The van der Waals surface area contributed by atoms with Gasteiger partial charge in [0.05, 0.1) is 28.8 Å². The quantitative estimate of drug-likeness (QED) is 0.874. The normalized spacial score (nSPS) is 12.4. The maximum absolute atomic E-state index is 12.1. The number of rotatable bonds is 6. The first-order valence-electron chi connectivity index (χ1n) is 6.88. The van der Waals surface area contributed by atoms with Crippen LogP contribution in [0, 0.1) is 0 Å². The molecule has 1 N–H and O–H groups in total. The van der Waals surface area contributed by atoms with Gasteiger partial charge in [0.1, 0.15) is 5.76 Å². The molecule has 0 aliphatic heterocycles. The highest BCUT2D eigenvalue weighted by atomic mass is 35.5. The molecule has 0 aliphatic carbocycles. The fraction of sp³-hybridized carbons (Fsp3) is 0.312. The molecule has 4 nitrogen and oxygen atoms in total. The molecule has 0 fully saturated rings.